The van der Waals surface area contributed by atoms with Crippen LogP contribution < -0.4 is 15.4 Å². The third kappa shape index (κ3) is 6.85. The summed E-state index contributed by atoms with van der Waals surface area (Å²) in [5.41, 5.74) is 3.37. The van der Waals surface area contributed by atoms with Crippen LogP contribution in [0.3, 0.4) is 0 Å². The summed E-state index contributed by atoms with van der Waals surface area (Å²) in [5.74, 6) is -0.663. The average molecular weight is 494 g/mol. The van der Waals surface area contributed by atoms with Crippen LogP contribution in [0.4, 0.5) is 11.4 Å². The lowest BCUT2D eigenvalue weighted by atomic mass is 10.1. The van der Waals surface area contributed by atoms with E-state index in [2.05, 4.69) is 10.6 Å². The summed E-state index contributed by atoms with van der Waals surface area (Å²) in [4.78, 5) is 25.0. The molecule has 0 fully saturated rings. The van der Waals surface area contributed by atoms with Crippen LogP contribution in [0.5, 0.6) is 5.75 Å². The van der Waals surface area contributed by atoms with Crippen molar-refractivity contribution in [2.24, 2.45) is 0 Å². The number of anilines is 2. The molecule has 172 valence electrons. The number of halogens is 2. The van der Waals surface area contributed by atoms with Crippen LogP contribution in [0.2, 0.25) is 10.0 Å². The summed E-state index contributed by atoms with van der Waals surface area (Å²) >= 11 is 12.0. The lowest BCUT2D eigenvalue weighted by molar-refractivity contribution is -0.118. The van der Waals surface area contributed by atoms with E-state index in [-0.39, 0.29) is 18.1 Å². The van der Waals surface area contributed by atoms with Crippen LogP contribution in [-0.2, 0) is 9.59 Å². The highest BCUT2D eigenvalue weighted by atomic mass is 35.5. The second-order valence-electron chi connectivity index (χ2n) is 7.47. The molecule has 0 aliphatic carbocycles. The molecular weight excluding hydrogens is 473 g/mol. The Balaban J connectivity index is 1.75. The SMILES string of the molecule is Cc1ccc(NC(=O)/C(C#N)=C/c2cc(Cl)ccc2OCC(=O)Nc2ccc(Cl)cc2)c(C)c1. The molecule has 2 N–H and O–H groups in total. The molecule has 0 unspecified atom stereocenters. The molecule has 6 nitrogen and oxygen atoms in total. The molecule has 0 aliphatic rings. The average Bonchev–Trinajstić information content (AvgIpc) is 2.80. The standard InChI is InChI=1S/C26H21Cl2N3O3/c1-16-3-9-23(17(2)11-16)31-26(33)19(14-29)12-18-13-21(28)6-10-24(18)34-15-25(32)30-22-7-4-20(27)5-8-22/h3-13H,15H2,1-2H3,(H,30,32)(H,31,33)/b19-12+. The molecule has 0 aliphatic heterocycles. The van der Waals surface area contributed by atoms with Gasteiger partial charge in [0.1, 0.15) is 17.4 Å². The van der Waals surface area contributed by atoms with Crippen molar-refractivity contribution in [2.75, 3.05) is 17.2 Å². The van der Waals surface area contributed by atoms with E-state index in [4.69, 9.17) is 27.9 Å². The van der Waals surface area contributed by atoms with Crippen molar-refractivity contribution in [3.8, 4) is 11.8 Å². The first-order valence-corrected chi connectivity index (χ1v) is 11.0. The third-order valence-corrected chi connectivity index (χ3v) is 5.24. The minimum absolute atomic E-state index is 0.141. The van der Waals surface area contributed by atoms with E-state index in [1.807, 2.05) is 32.0 Å². The van der Waals surface area contributed by atoms with Crippen molar-refractivity contribution in [1.82, 2.24) is 0 Å². The number of carbonyl (C=O) groups excluding carboxylic acids is 2. The number of benzene rings is 3. The van der Waals surface area contributed by atoms with Crippen molar-refractivity contribution < 1.29 is 14.3 Å². The van der Waals surface area contributed by atoms with Crippen molar-refractivity contribution in [1.29, 1.82) is 5.26 Å². The van der Waals surface area contributed by atoms with Gasteiger partial charge in [0.05, 0.1) is 0 Å². The van der Waals surface area contributed by atoms with E-state index in [9.17, 15) is 14.9 Å². The number of nitrogens with one attached hydrogen (secondary N) is 2. The molecular formula is C26H21Cl2N3O3. The Bertz CT molecular complexity index is 1300. The van der Waals surface area contributed by atoms with Crippen molar-refractivity contribution in [2.45, 2.75) is 13.8 Å². The fourth-order valence-electron chi connectivity index (χ4n) is 3.08. The summed E-state index contributed by atoms with van der Waals surface area (Å²) in [6.45, 7) is 3.54. The van der Waals surface area contributed by atoms with Crippen molar-refractivity contribution >= 4 is 52.5 Å². The second kappa shape index (κ2) is 11.4. The molecule has 0 bridgehead atoms. The molecule has 0 heterocycles. The summed E-state index contributed by atoms with van der Waals surface area (Å²) in [6.07, 6.45) is 1.37. The highest BCUT2D eigenvalue weighted by Gasteiger charge is 2.14. The van der Waals surface area contributed by atoms with Crippen LogP contribution in [0.15, 0.2) is 66.2 Å². The molecule has 34 heavy (non-hydrogen) atoms. The fraction of sp³-hybridized carbons (Fsp3) is 0.115. The number of amides is 2. The summed E-state index contributed by atoms with van der Waals surface area (Å²) < 4.78 is 5.64. The summed E-state index contributed by atoms with van der Waals surface area (Å²) in [5, 5.41) is 16.0. The van der Waals surface area contributed by atoms with Gasteiger partial charge in [0.15, 0.2) is 6.61 Å². The van der Waals surface area contributed by atoms with E-state index in [1.54, 1.807) is 48.5 Å². The Hall–Kier alpha value is -3.79. The summed E-state index contributed by atoms with van der Waals surface area (Å²) in [6, 6.07) is 18.9. The van der Waals surface area contributed by atoms with Gasteiger partial charge in [-0.05, 0) is 74.0 Å². The topological polar surface area (TPSA) is 91.2 Å². The van der Waals surface area contributed by atoms with Gasteiger partial charge in [-0.3, -0.25) is 9.59 Å². The predicted octanol–water partition coefficient (Wildman–Crippen LogP) is 6.17. The van der Waals surface area contributed by atoms with Crippen LogP contribution in [0.25, 0.3) is 6.08 Å². The first-order chi connectivity index (χ1) is 16.2. The predicted molar refractivity (Wildman–Crippen MR) is 135 cm³/mol. The highest BCUT2D eigenvalue weighted by Crippen LogP contribution is 2.26. The number of aryl methyl sites for hydroxylation is 2. The van der Waals surface area contributed by atoms with Gasteiger partial charge in [-0.2, -0.15) is 5.26 Å². The molecule has 0 atom stereocenters. The maximum atomic E-state index is 12.7. The van der Waals surface area contributed by atoms with Crippen LogP contribution >= 0.6 is 23.2 Å². The number of nitrogens with zero attached hydrogens (tertiary/aromatic N) is 1. The van der Waals surface area contributed by atoms with Gasteiger partial charge in [-0.1, -0.05) is 40.9 Å². The maximum absolute atomic E-state index is 12.7. The first kappa shape index (κ1) is 24.8. The Morgan fingerprint density at radius 1 is 0.971 bits per heavy atom. The first-order valence-electron chi connectivity index (χ1n) is 10.2. The molecule has 2 amide bonds. The second-order valence-corrected chi connectivity index (χ2v) is 8.34. The van der Waals surface area contributed by atoms with Gasteiger partial charge in [0.2, 0.25) is 0 Å². The fourth-order valence-corrected chi connectivity index (χ4v) is 3.39. The van der Waals surface area contributed by atoms with Gasteiger partial charge < -0.3 is 15.4 Å². The Kier molecular flexibility index (Phi) is 8.31. The molecule has 3 aromatic rings. The lowest BCUT2D eigenvalue weighted by Gasteiger charge is -2.11. The quantitative estimate of drug-likeness (QED) is 0.304. The van der Waals surface area contributed by atoms with Gasteiger partial charge in [-0.15, -0.1) is 0 Å². The zero-order valence-corrected chi connectivity index (χ0v) is 20.0. The minimum Gasteiger partial charge on any atom is -0.483 e. The third-order valence-electron chi connectivity index (χ3n) is 4.75. The van der Waals surface area contributed by atoms with E-state index in [0.717, 1.165) is 11.1 Å². The van der Waals surface area contributed by atoms with Crippen molar-refractivity contribution in [3.63, 3.8) is 0 Å². The monoisotopic (exact) mass is 493 g/mol. The number of hydrogen-bond donors (Lipinski definition) is 2. The molecule has 0 spiro atoms. The molecule has 0 radical (unpaired) electrons. The molecule has 8 heteroatoms. The van der Waals surface area contributed by atoms with Gasteiger partial charge in [0, 0.05) is 27.0 Å². The zero-order chi connectivity index (χ0) is 24.7. The van der Waals surface area contributed by atoms with Crippen LogP contribution in [0, 0.1) is 25.2 Å². The van der Waals surface area contributed by atoms with Gasteiger partial charge >= 0.3 is 0 Å². The van der Waals surface area contributed by atoms with E-state index >= 15 is 0 Å². The van der Waals surface area contributed by atoms with Gasteiger partial charge in [-0.25, -0.2) is 0 Å². The van der Waals surface area contributed by atoms with E-state index < -0.39 is 5.91 Å². The Morgan fingerprint density at radius 2 is 1.68 bits per heavy atom. The van der Waals surface area contributed by atoms with E-state index in [1.165, 1.54) is 6.08 Å². The lowest BCUT2D eigenvalue weighted by Crippen LogP contribution is -2.20. The number of carbonyl (C=O) groups is 2. The Labute approximate surface area is 207 Å². The number of ether oxygens (including phenoxy) is 1. The van der Waals surface area contributed by atoms with Crippen LogP contribution in [-0.4, -0.2) is 18.4 Å². The maximum Gasteiger partial charge on any atom is 0.266 e. The van der Waals surface area contributed by atoms with Gasteiger partial charge in [0.25, 0.3) is 11.8 Å². The highest BCUT2D eigenvalue weighted by molar-refractivity contribution is 6.31. The molecule has 0 aromatic heterocycles. The van der Waals surface area contributed by atoms with Crippen LogP contribution in [0.1, 0.15) is 16.7 Å². The molecule has 3 rings (SSSR count). The molecule has 0 saturated heterocycles. The number of nitriles is 1. The molecule has 3 aromatic carbocycles. The number of rotatable bonds is 7. The van der Waals surface area contributed by atoms with Crippen molar-refractivity contribution in [3.05, 3.63) is 93.0 Å². The molecule has 0 saturated carbocycles. The smallest absolute Gasteiger partial charge is 0.266 e. The zero-order valence-electron chi connectivity index (χ0n) is 18.5. The minimum atomic E-state index is -0.569. The number of hydrogen-bond acceptors (Lipinski definition) is 4. The Morgan fingerprint density at radius 3 is 2.35 bits per heavy atom. The summed E-state index contributed by atoms with van der Waals surface area (Å²) in [7, 11) is 0. The van der Waals surface area contributed by atoms with E-state index in [0.29, 0.717) is 32.7 Å². The largest absolute Gasteiger partial charge is 0.483 e. The normalized spacial score (nSPS) is 10.9.